The zero-order chi connectivity index (χ0) is 8.81. The summed E-state index contributed by atoms with van der Waals surface area (Å²) in [6.07, 6.45) is 5.76. The summed E-state index contributed by atoms with van der Waals surface area (Å²) >= 11 is 0. The van der Waals surface area contributed by atoms with Crippen molar-refractivity contribution in [2.75, 3.05) is 0 Å². The Kier molecular flexibility index (Phi) is 3.80. The first-order valence-electron chi connectivity index (χ1n) is 4.48. The molecule has 3 heteroatoms. The van der Waals surface area contributed by atoms with Crippen molar-refractivity contribution in [2.45, 2.75) is 39.3 Å². The third-order valence-corrected chi connectivity index (χ3v) is 2.06. The van der Waals surface area contributed by atoms with Gasteiger partial charge in [-0.15, -0.1) is 0 Å². The minimum absolute atomic E-state index is 0.611. The van der Waals surface area contributed by atoms with Crippen molar-refractivity contribution in [1.29, 1.82) is 0 Å². The van der Waals surface area contributed by atoms with Crippen LogP contribution in [0.5, 0.6) is 0 Å². The molecule has 0 bridgehead atoms. The standard InChI is InChI=1S/C9H16N2O/c1-3-9(4-2)10-5-8-6-11-12-7-8/h6-7,9-10H,3-5H2,1-2H3. The lowest BCUT2D eigenvalue weighted by atomic mass is 10.1. The van der Waals surface area contributed by atoms with E-state index in [1.54, 1.807) is 12.5 Å². The Labute approximate surface area is 73.1 Å². The van der Waals surface area contributed by atoms with E-state index in [1.165, 1.54) is 12.8 Å². The van der Waals surface area contributed by atoms with Crippen LogP contribution in [0, 0.1) is 0 Å². The lowest BCUT2D eigenvalue weighted by Gasteiger charge is -2.12. The van der Waals surface area contributed by atoms with Crippen molar-refractivity contribution in [2.24, 2.45) is 0 Å². The van der Waals surface area contributed by atoms with Crippen LogP contribution in [0.1, 0.15) is 32.3 Å². The molecule has 0 amide bonds. The average Bonchev–Trinajstić information content (AvgIpc) is 2.59. The fraction of sp³-hybridized carbons (Fsp3) is 0.667. The van der Waals surface area contributed by atoms with E-state index in [4.69, 9.17) is 4.52 Å². The predicted octanol–water partition coefficient (Wildman–Crippen LogP) is 1.95. The lowest BCUT2D eigenvalue weighted by molar-refractivity contribution is 0.417. The summed E-state index contributed by atoms with van der Waals surface area (Å²) in [7, 11) is 0. The van der Waals surface area contributed by atoms with Gasteiger partial charge in [-0.2, -0.15) is 0 Å². The summed E-state index contributed by atoms with van der Waals surface area (Å²) in [5.41, 5.74) is 1.11. The van der Waals surface area contributed by atoms with E-state index < -0.39 is 0 Å². The minimum atomic E-state index is 0.611. The van der Waals surface area contributed by atoms with Crippen molar-refractivity contribution in [3.8, 4) is 0 Å². The molecule has 0 unspecified atom stereocenters. The van der Waals surface area contributed by atoms with Crippen LogP contribution < -0.4 is 5.32 Å². The SMILES string of the molecule is CCC(CC)NCc1cnoc1. The van der Waals surface area contributed by atoms with Gasteiger partial charge in [-0.05, 0) is 12.8 Å². The Morgan fingerprint density at radius 1 is 1.50 bits per heavy atom. The Balaban J connectivity index is 2.25. The smallest absolute Gasteiger partial charge is 0.128 e. The molecular weight excluding hydrogens is 152 g/mol. The third kappa shape index (κ3) is 2.66. The van der Waals surface area contributed by atoms with E-state index in [-0.39, 0.29) is 0 Å². The van der Waals surface area contributed by atoms with E-state index in [1.807, 2.05) is 0 Å². The molecule has 1 aromatic heterocycles. The van der Waals surface area contributed by atoms with Crippen molar-refractivity contribution in [3.63, 3.8) is 0 Å². The molecule has 0 aliphatic heterocycles. The molecule has 0 aliphatic carbocycles. The Morgan fingerprint density at radius 3 is 2.75 bits per heavy atom. The molecule has 0 aromatic carbocycles. The number of aromatic nitrogens is 1. The maximum Gasteiger partial charge on any atom is 0.128 e. The molecule has 0 saturated carbocycles. The number of rotatable bonds is 5. The highest BCUT2D eigenvalue weighted by Gasteiger charge is 2.02. The molecule has 1 aromatic rings. The van der Waals surface area contributed by atoms with Crippen molar-refractivity contribution in [1.82, 2.24) is 10.5 Å². The monoisotopic (exact) mass is 168 g/mol. The predicted molar refractivity (Wildman–Crippen MR) is 47.7 cm³/mol. The van der Waals surface area contributed by atoms with E-state index in [0.717, 1.165) is 12.1 Å². The molecule has 0 spiro atoms. The molecule has 0 saturated heterocycles. The van der Waals surface area contributed by atoms with Crippen LogP contribution in [0.2, 0.25) is 0 Å². The highest BCUT2D eigenvalue weighted by atomic mass is 16.5. The van der Waals surface area contributed by atoms with Crippen LogP contribution in [-0.4, -0.2) is 11.2 Å². The minimum Gasteiger partial charge on any atom is -0.364 e. The van der Waals surface area contributed by atoms with Gasteiger partial charge in [0, 0.05) is 18.2 Å². The quantitative estimate of drug-likeness (QED) is 0.730. The molecule has 0 radical (unpaired) electrons. The summed E-state index contributed by atoms with van der Waals surface area (Å²) in [6.45, 7) is 5.24. The molecule has 1 rings (SSSR count). The first kappa shape index (κ1) is 9.26. The van der Waals surface area contributed by atoms with E-state index in [9.17, 15) is 0 Å². The van der Waals surface area contributed by atoms with Gasteiger partial charge in [0.25, 0.3) is 0 Å². The molecule has 0 atom stereocenters. The van der Waals surface area contributed by atoms with Gasteiger partial charge < -0.3 is 9.84 Å². The molecule has 68 valence electrons. The number of nitrogens with zero attached hydrogens (tertiary/aromatic N) is 1. The van der Waals surface area contributed by atoms with Gasteiger partial charge in [0.15, 0.2) is 0 Å². The molecule has 1 N–H and O–H groups in total. The highest BCUT2D eigenvalue weighted by molar-refractivity contribution is 4.99. The summed E-state index contributed by atoms with van der Waals surface area (Å²) in [6, 6.07) is 0.611. The van der Waals surface area contributed by atoms with E-state index >= 15 is 0 Å². The molecule has 3 nitrogen and oxygen atoms in total. The summed E-state index contributed by atoms with van der Waals surface area (Å²) in [4.78, 5) is 0. The number of hydrogen-bond acceptors (Lipinski definition) is 3. The Morgan fingerprint density at radius 2 is 2.25 bits per heavy atom. The topological polar surface area (TPSA) is 38.1 Å². The zero-order valence-corrected chi connectivity index (χ0v) is 7.71. The molecular formula is C9H16N2O. The van der Waals surface area contributed by atoms with Crippen LogP contribution in [0.25, 0.3) is 0 Å². The van der Waals surface area contributed by atoms with Crippen LogP contribution >= 0.6 is 0 Å². The zero-order valence-electron chi connectivity index (χ0n) is 7.71. The van der Waals surface area contributed by atoms with Gasteiger partial charge in [0.05, 0.1) is 6.20 Å². The first-order chi connectivity index (χ1) is 5.86. The number of hydrogen-bond donors (Lipinski definition) is 1. The van der Waals surface area contributed by atoms with Gasteiger partial charge in [-0.1, -0.05) is 19.0 Å². The lowest BCUT2D eigenvalue weighted by Crippen LogP contribution is -2.26. The number of nitrogens with one attached hydrogen (secondary N) is 1. The highest BCUT2D eigenvalue weighted by Crippen LogP contribution is 2.00. The molecule has 1 heterocycles. The maximum absolute atomic E-state index is 4.72. The maximum atomic E-state index is 4.72. The van der Waals surface area contributed by atoms with Crippen molar-refractivity contribution in [3.05, 3.63) is 18.0 Å². The van der Waals surface area contributed by atoms with E-state index in [2.05, 4.69) is 24.3 Å². The average molecular weight is 168 g/mol. The second-order valence-electron chi connectivity index (χ2n) is 2.93. The Hall–Kier alpha value is -0.830. The van der Waals surface area contributed by atoms with Gasteiger partial charge in [0.2, 0.25) is 0 Å². The second kappa shape index (κ2) is 4.93. The fourth-order valence-electron chi connectivity index (χ4n) is 1.15. The first-order valence-corrected chi connectivity index (χ1v) is 4.48. The molecule has 0 aliphatic rings. The van der Waals surface area contributed by atoms with Crippen molar-refractivity contribution >= 4 is 0 Å². The van der Waals surface area contributed by atoms with Crippen LogP contribution in [0.3, 0.4) is 0 Å². The molecule has 0 fully saturated rings. The normalized spacial score (nSPS) is 10.9. The van der Waals surface area contributed by atoms with Gasteiger partial charge in [-0.3, -0.25) is 0 Å². The van der Waals surface area contributed by atoms with Crippen LogP contribution in [-0.2, 0) is 6.54 Å². The van der Waals surface area contributed by atoms with Crippen LogP contribution in [0.4, 0.5) is 0 Å². The summed E-state index contributed by atoms with van der Waals surface area (Å²) in [5, 5.41) is 7.06. The van der Waals surface area contributed by atoms with Gasteiger partial charge in [0.1, 0.15) is 6.26 Å². The fourth-order valence-corrected chi connectivity index (χ4v) is 1.15. The molecule has 12 heavy (non-hydrogen) atoms. The summed E-state index contributed by atoms with van der Waals surface area (Å²) in [5.74, 6) is 0. The largest absolute Gasteiger partial charge is 0.364 e. The van der Waals surface area contributed by atoms with Gasteiger partial charge in [-0.25, -0.2) is 0 Å². The van der Waals surface area contributed by atoms with Crippen molar-refractivity contribution < 1.29 is 4.52 Å². The van der Waals surface area contributed by atoms with E-state index in [0.29, 0.717) is 6.04 Å². The van der Waals surface area contributed by atoms with Gasteiger partial charge >= 0.3 is 0 Å². The van der Waals surface area contributed by atoms with Crippen LogP contribution in [0.15, 0.2) is 17.0 Å². The Bertz CT molecular complexity index is 192. The third-order valence-electron chi connectivity index (χ3n) is 2.06. The summed E-state index contributed by atoms with van der Waals surface area (Å²) < 4.78 is 4.72. The second-order valence-corrected chi connectivity index (χ2v) is 2.93.